The molecule has 1 aliphatic carbocycles. The first kappa shape index (κ1) is 20.0. The maximum atomic E-state index is 12.6. The zero-order valence-corrected chi connectivity index (χ0v) is 17.1. The van der Waals surface area contributed by atoms with Crippen molar-refractivity contribution in [1.29, 1.82) is 0 Å². The lowest BCUT2D eigenvalue weighted by Gasteiger charge is -2.12. The van der Waals surface area contributed by atoms with Crippen molar-refractivity contribution >= 4 is 33.2 Å². The van der Waals surface area contributed by atoms with E-state index in [1.165, 1.54) is 11.1 Å². The minimum atomic E-state index is -3.25. The zero-order valence-electron chi connectivity index (χ0n) is 15.5. The number of hydrogen-bond acceptors (Lipinski definition) is 4. The van der Waals surface area contributed by atoms with E-state index in [4.69, 9.17) is 0 Å². The number of aryl methyl sites for hydroxylation is 1. The molecule has 1 fully saturated rings. The van der Waals surface area contributed by atoms with E-state index in [-0.39, 0.29) is 11.2 Å². The van der Waals surface area contributed by atoms with Crippen molar-refractivity contribution in [1.82, 2.24) is 0 Å². The molecule has 0 bridgehead atoms. The molecule has 4 nitrogen and oxygen atoms in total. The second-order valence-electron chi connectivity index (χ2n) is 7.01. The van der Waals surface area contributed by atoms with Gasteiger partial charge >= 0.3 is 0 Å². The molecule has 1 N–H and O–H groups in total. The normalized spacial score (nSPS) is 15.0. The van der Waals surface area contributed by atoms with Gasteiger partial charge in [-0.3, -0.25) is 4.79 Å². The van der Waals surface area contributed by atoms with Crippen molar-refractivity contribution in [2.24, 2.45) is 0 Å². The molecular formula is C21H25NO3S2. The number of rotatable bonds is 7. The van der Waals surface area contributed by atoms with Gasteiger partial charge in [0.25, 0.3) is 0 Å². The summed E-state index contributed by atoms with van der Waals surface area (Å²) < 4.78 is 25.2. The molecule has 0 aliphatic heterocycles. The first-order valence-electron chi connectivity index (χ1n) is 9.22. The Labute approximate surface area is 165 Å². The van der Waals surface area contributed by atoms with Crippen LogP contribution in [0.15, 0.2) is 53.4 Å². The van der Waals surface area contributed by atoms with Gasteiger partial charge in [0.2, 0.25) is 5.91 Å². The van der Waals surface area contributed by atoms with Crippen LogP contribution < -0.4 is 5.32 Å². The number of hydrogen-bond donors (Lipinski definition) is 1. The Bertz CT molecular complexity index is 886. The van der Waals surface area contributed by atoms with Crippen LogP contribution >= 0.6 is 11.8 Å². The summed E-state index contributed by atoms with van der Waals surface area (Å²) in [6.45, 7) is 2.05. The zero-order chi connectivity index (χ0) is 19.3. The summed E-state index contributed by atoms with van der Waals surface area (Å²) in [4.78, 5) is 12.5. The van der Waals surface area contributed by atoms with E-state index in [1.54, 1.807) is 36.0 Å². The minimum Gasteiger partial charge on any atom is -0.325 e. The average Bonchev–Trinajstić information content (AvgIpc) is 3.18. The molecule has 0 unspecified atom stereocenters. The molecule has 0 spiro atoms. The van der Waals surface area contributed by atoms with Crippen LogP contribution in [0.4, 0.5) is 5.69 Å². The van der Waals surface area contributed by atoms with Crippen molar-refractivity contribution in [2.75, 3.05) is 11.1 Å². The van der Waals surface area contributed by atoms with Crippen LogP contribution in [0.5, 0.6) is 0 Å². The maximum absolute atomic E-state index is 12.6. The third-order valence-electron chi connectivity index (χ3n) is 4.79. The van der Waals surface area contributed by atoms with Crippen molar-refractivity contribution < 1.29 is 13.2 Å². The number of amides is 1. The van der Waals surface area contributed by atoms with Crippen LogP contribution in [0, 0.1) is 6.92 Å². The van der Waals surface area contributed by atoms with Gasteiger partial charge in [0.05, 0.1) is 15.9 Å². The molecule has 1 aliphatic rings. The van der Waals surface area contributed by atoms with E-state index in [0.717, 1.165) is 31.4 Å². The highest BCUT2D eigenvalue weighted by Crippen LogP contribution is 2.30. The van der Waals surface area contributed by atoms with Crippen LogP contribution in [-0.2, 0) is 20.4 Å². The quantitative estimate of drug-likeness (QED) is 0.735. The standard InChI is InChI=1S/C21H25NO3S2/c1-16-5-4-6-17(13-16)14-26-15-21(23)22-18-9-11-20(12-10-18)27(24,25)19-7-2-3-8-19/h4-6,9-13,19H,2-3,7-8,14-15H2,1H3,(H,22,23). The van der Waals surface area contributed by atoms with E-state index < -0.39 is 9.84 Å². The highest BCUT2D eigenvalue weighted by Gasteiger charge is 2.30. The Morgan fingerprint density at radius 3 is 2.48 bits per heavy atom. The summed E-state index contributed by atoms with van der Waals surface area (Å²) in [5.74, 6) is 1.06. The summed E-state index contributed by atoms with van der Waals surface area (Å²) in [6.07, 6.45) is 3.47. The number of carbonyl (C=O) groups excluding carboxylic acids is 1. The maximum Gasteiger partial charge on any atom is 0.234 e. The number of anilines is 1. The lowest BCUT2D eigenvalue weighted by Crippen LogP contribution is -2.18. The Morgan fingerprint density at radius 2 is 1.81 bits per heavy atom. The van der Waals surface area contributed by atoms with Gasteiger partial charge in [-0.05, 0) is 49.6 Å². The molecule has 1 amide bonds. The van der Waals surface area contributed by atoms with Crippen LogP contribution in [-0.4, -0.2) is 25.3 Å². The van der Waals surface area contributed by atoms with Crippen LogP contribution in [0.25, 0.3) is 0 Å². The van der Waals surface area contributed by atoms with E-state index >= 15 is 0 Å². The number of sulfone groups is 1. The van der Waals surface area contributed by atoms with Gasteiger partial charge in [-0.15, -0.1) is 11.8 Å². The average molecular weight is 404 g/mol. The fourth-order valence-corrected chi connectivity index (χ4v) is 6.01. The molecule has 2 aromatic carbocycles. The third-order valence-corrected chi connectivity index (χ3v) is 8.07. The van der Waals surface area contributed by atoms with Crippen LogP contribution in [0.2, 0.25) is 0 Å². The van der Waals surface area contributed by atoms with E-state index in [0.29, 0.717) is 16.3 Å². The molecule has 0 aromatic heterocycles. The summed E-state index contributed by atoms with van der Waals surface area (Å²) in [5, 5.41) is 2.58. The van der Waals surface area contributed by atoms with Gasteiger partial charge in [-0.25, -0.2) is 8.42 Å². The summed E-state index contributed by atoms with van der Waals surface area (Å²) in [5.41, 5.74) is 3.04. The van der Waals surface area contributed by atoms with Gasteiger partial charge in [0, 0.05) is 11.4 Å². The Morgan fingerprint density at radius 1 is 1.11 bits per heavy atom. The molecule has 3 rings (SSSR count). The van der Waals surface area contributed by atoms with Crippen molar-refractivity contribution in [3.05, 3.63) is 59.7 Å². The van der Waals surface area contributed by atoms with Gasteiger partial charge in [0.1, 0.15) is 0 Å². The predicted octanol–water partition coefficient (Wildman–Crippen LogP) is 4.58. The lowest BCUT2D eigenvalue weighted by molar-refractivity contribution is -0.113. The summed E-state index contributed by atoms with van der Waals surface area (Å²) >= 11 is 1.56. The van der Waals surface area contributed by atoms with Crippen molar-refractivity contribution in [3.63, 3.8) is 0 Å². The van der Waals surface area contributed by atoms with Crippen LogP contribution in [0.1, 0.15) is 36.8 Å². The fraction of sp³-hybridized carbons (Fsp3) is 0.381. The Balaban J connectivity index is 1.51. The van der Waals surface area contributed by atoms with Gasteiger partial charge < -0.3 is 5.32 Å². The number of thioether (sulfide) groups is 1. The van der Waals surface area contributed by atoms with E-state index in [1.807, 2.05) is 6.07 Å². The topological polar surface area (TPSA) is 63.2 Å². The Kier molecular flexibility index (Phi) is 6.60. The molecule has 0 atom stereocenters. The SMILES string of the molecule is Cc1cccc(CSCC(=O)Nc2ccc(S(=O)(=O)C3CCCC3)cc2)c1. The molecule has 1 saturated carbocycles. The van der Waals surface area contributed by atoms with Gasteiger partial charge in [-0.2, -0.15) is 0 Å². The molecule has 0 radical (unpaired) electrons. The van der Waals surface area contributed by atoms with Crippen molar-refractivity contribution in [2.45, 2.75) is 48.5 Å². The van der Waals surface area contributed by atoms with Gasteiger partial charge in [-0.1, -0.05) is 42.7 Å². The first-order chi connectivity index (χ1) is 12.9. The summed E-state index contributed by atoms with van der Waals surface area (Å²) in [6, 6.07) is 14.8. The Hall–Kier alpha value is -1.79. The smallest absolute Gasteiger partial charge is 0.234 e. The first-order valence-corrected chi connectivity index (χ1v) is 11.9. The van der Waals surface area contributed by atoms with E-state index in [2.05, 4.69) is 30.4 Å². The van der Waals surface area contributed by atoms with Crippen LogP contribution in [0.3, 0.4) is 0 Å². The molecule has 0 saturated heterocycles. The highest BCUT2D eigenvalue weighted by molar-refractivity contribution is 7.99. The third kappa shape index (κ3) is 5.36. The molecule has 6 heteroatoms. The molecular weight excluding hydrogens is 378 g/mol. The second-order valence-corrected chi connectivity index (χ2v) is 10.2. The van der Waals surface area contributed by atoms with Crippen molar-refractivity contribution in [3.8, 4) is 0 Å². The summed E-state index contributed by atoms with van der Waals surface area (Å²) in [7, 11) is -3.25. The monoisotopic (exact) mass is 403 g/mol. The van der Waals surface area contributed by atoms with E-state index in [9.17, 15) is 13.2 Å². The number of carbonyl (C=O) groups is 1. The fourth-order valence-electron chi connectivity index (χ4n) is 3.38. The molecule has 27 heavy (non-hydrogen) atoms. The lowest BCUT2D eigenvalue weighted by atomic mass is 10.2. The number of nitrogens with one attached hydrogen (secondary N) is 1. The second kappa shape index (κ2) is 8.93. The number of benzene rings is 2. The predicted molar refractivity (Wildman–Crippen MR) is 112 cm³/mol. The minimum absolute atomic E-state index is 0.0842. The molecule has 0 heterocycles. The highest BCUT2D eigenvalue weighted by atomic mass is 32.2. The molecule has 144 valence electrons. The van der Waals surface area contributed by atoms with Gasteiger partial charge in [0.15, 0.2) is 9.84 Å². The molecule has 2 aromatic rings. The largest absolute Gasteiger partial charge is 0.325 e.